The third-order valence-corrected chi connectivity index (χ3v) is 4.18. The van der Waals surface area contributed by atoms with Crippen molar-refractivity contribution in [1.29, 1.82) is 0 Å². The molecule has 0 radical (unpaired) electrons. The average molecular weight is 317 g/mol. The Balaban J connectivity index is 2.77. The van der Waals surface area contributed by atoms with Crippen molar-refractivity contribution in [3.05, 3.63) is 27.7 Å². The molecule has 0 unspecified atom stereocenters. The van der Waals surface area contributed by atoms with E-state index in [9.17, 15) is 4.79 Å². The van der Waals surface area contributed by atoms with E-state index < -0.39 is 0 Å². The van der Waals surface area contributed by atoms with Gasteiger partial charge in [0.1, 0.15) is 0 Å². The van der Waals surface area contributed by atoms with Gasteiger partial charge < -0.3 is 11.1 Å². The highest BCUT2D eigenvalue weighted by Gasteiger charge is 2.19. The molecule has 20 heavy (non-hydrogen) atoms. The molecule has 0 spiro atoms. The summed E-state index contributed by atoms with van der Waals surface area (Å²) in [5.41, 5.74) is 6.39. The van der Waals surface area contributed by atoms with Gasteiger partial charge in [-0.3, -0.25) is 4.79 Å². The van der Waals surface area contributed by atoms with Gasteiger partial charge >= 0.3 is 0 Å². The predicted octanol–water partition coefficient (Wildman–Crippen LogP) is 4.23. The summed E-state index contributed by atoms with van der Waals surface area (Å²) in [6.45, 7) is 9.27. The first kappa shape index (κ1) is 17.1. The Morgan fingerprint density at radius 3 is 2.00 bits per heavy atom. The van der Waals surface area contributed by atoms with Crippen molar-refractivity contribution in [2.24, 2.45) is 17.8 Å². The molecule has 3 N–H and O–H groups in total. The molecule has 0 aromatic heterocycles. The number of nitrogen functional groups attached to an aromatic ring is 1. The van der Waals surface area contributed by atoms with Crippen molar-refractivity contribution in [1.82, 2.24) is 5.32 Å². The molecule has 3 nitrogen and oxygen atoms in total. The maximum atomic E-state index is 12.1. The van der Waals surface area contributed by atoms with Crippen LogP contribution in [-0.4, -0.2) is 12.5 Å². The molecule has 0 aliphatic rings. The zero-order chi connectivity index (χ0) is 15.4. The van der Waals surface area contributed by atoms with Gasteiger partial charge in [-0.25, -0.2) is 0 Å². The summed E-state index contributed by atoms with van der Waals surface area (Å²) < 4.78 is 0. The Morgan fingerprint density at radius 2 is 1.60 bits per heavy atom. The summed E-state index contributed by atoms with van der Waals surface area (Å²) in [7, 11) is 0. The number of nitrogens with one attached hydrogen (secondary N) is 1. The van der Waals surface area contributed by atoms with E-state index in [1.807, 2.05) is 0 Å². The van der Waals surface area contributed by atoms with Crippen molar-refractivity contribution in [3.63, 3.8) is 0 Å². The zero-order valence-electron chi connectivity index (χ0n) is 12.3. The number of halogens is 2. The molecule has 1 amide bonds. The molecule has 0 atom stereocenters. The average Bonchev–Trinajstić information content (AvgIpc) is 2.34. The molecule has 1 aromatic carbocycles. The number of hydrogen-bond donors (Lipinski definition) is 2. The van der Waals surface area contributed by atoms with Crippen LogP contribution in [0.15, 0.2) is 12.1 Å². The molecule has 5 heteroatoms. The van der Waals surface area contributed by atoms with Gasteiger partial charge in [0.2, 0.25) is 0 Å². The smallest absolute Gasteiger partial charge is 0.251 e. The van der Waals surface area contributed by atoms with E-state index in [0.717, 1.165) is 0 Å². The van der Waals surface area contributed by atoms with Gasteiger partial charge in [-0.1, -0.05) is 50.9 Å². The number of anilines is 1. The summed E-state index contributed by atoms with van der Waals surface area (Å²) in [5, 5.41) is 3.53. The monoisotopic (exact) mass is 316 g/mol. The topological polar surface area (TPSA) is 55.1 Å². The number of amides is 1. The Bertz CT molecular complexity index is 456. The van der Waals surface area contributed by atoms with E-state index in [4.69, 9.17) is 28.9 Å². The van der Waals surface area contributed by atoms with Crippen molar-refractivity contribution < 1.29 is 4.79 Å². The van der Waals surface area contributed by atoms with Crippen molar-refractivity contribution >= 4 is 34.8 Å². The molecular formula is C15H22Cl2N2O. The van der Waals surface area contributed by atoms with Crippen molar-refractivity contribution in [2.75, 3.05) is 12.3 Å². The molecule has 0 bridgehead atoms. The molecular weight excluding hydrogens is 295 g/mol. The highest BCUT2D eigenvalue weighted by Crippen LogP contribution is 2.28. The summed E-state index contributed by atoms with van der Waals surface area (Å²) in [6.07, 6.45) is 0. The predicted molar refractivity (Wildman–Crippen MR) is 86.4 cm³/mol. The van der Waals surface area contributed by atoms with Gasteiger partial charge in [0.25, 0.3) is 5.91 Å². The van der Waals surface area contributed by atoms with Gasteiger partial charge in [-0.2, -0.15) is 0 Å². The van der Waals surface area contributed by atoms with Crippen LogP contribution in [0.4, 0.5) is 5.69 Å². The van der Waals surface area contributed by atoms with Crippen LogP contribution in [0.2, 0.25) is 10.0 Å². The van der Waals surface area contributed by atoms with Crippen LogP contribution in [0.3, 0.4) is 0 Å². The minimum Gasteiger partial charge on any atom is -0.396 e. The number of hydrogen-bond acceptors (Lipinski definition) is 2. The SMILES string of the molecule is CC(C)C(CNC(=O)c1cc(Cl)c(N)c(Cl)c1)C(C)C. The van der Waals surface area contributed by atoms with Crippen LogP contribution >= 0.6 is 23.2 Å². The van der Waals surface area contributed by atoms with Gasteiger partial charge in [0.05, 0.1) is 15.7 Å². The van der Waals surface area contributed by atoms with E-state index in [1.165, 1.54) is 12.1 Å². The molecule has 112 valence electrons. The number of carbonyl (C=O) groups is 1. The molecule has 0 saturated heterocycles. The van der Waals surface area contributed by atoms with E-state index in [2.05, 4.69) is 33.0 Å². The number of nitrogens with two attached hydrogens (primary N) is 1. The third-order valence-electron chi connectivity index (χ3n) is 3.55. The Kier molecular flexibility index (Phi) is 6.15. The molecule has 0 aliphatic carbocycles. The fourth-order valence-electron chi connectivity index (χ4n) is 2.27. The Labute approximate surface area is 130 Å². The number of rotatable bonds is 5. The maximum Gasteiger partial charge on any atom is 0.251 e. The van der Waals surface area contributed by atoms with E-state index in [-0.39, 0.29) is 5.91 Å². The zero-order valence-corrected chi connectivity index (χ0v) is 13.8. The lowest BCUT2D eigenvalue weighted by atomic mass is 9.85. The van der Waals surface area contributed by atoms with Crippen LogP contribution < -0.4 is 11.1 Å². The normalized spacial score (nSPS) is 11.4. The molecule has 0 aliphatic heterocycles. The quantitative estimate of drug-likeness (QED) is 0.798. The van der Waals surface area contributed by atoms with Gasteiger partial charge in [0, 0.05) is 12.1 Å². The Hall–Kier alpha value is -0.930. The second kappa shape index (κ2) is 7.19. The Morgan fingerprint density at radius 1 is 1.15 bits per heavy atom. The van der Waals surface area contributed by atoms with Crippen LogP contribution in [0.25, 0.3) is 0 Å². The van der Waals surface area contributed by atoms with Gasteiger partial charge in [0.15, 0.2) is 0 Å². The van der Waals surface area contributed by atoms with E-state index >= 15 is 0 Å². The van der Waals surface area contributed by atoms with Crippen molar-refractivity contribution in [2.45, 2.75) is 27.7 Å². The lowest BCUT2D eigenvalue weighted by Crippen LogP contribution is -2.33. The second-order valence-electron chi connectivity index (χ2n) is 5.72. The number of benzene rings is 1. The summed E-state index contributed by atoms with van der Waals surface area (Å²) >= 11 is 11.9. The minimum atomic E-state index is -0.180. The summed E-state index contributed by atoms with van der Waals surface area (Å²) in [5.74, 6) is 1.27. The summed E-state index contributed by atoms with van der Waals surface area (Å²) in [6, 6.07) is 3.08. The highest BCUT2D eigenvalue weighted by molar-refractivity contribution is 6.39. The fraction of sp³-hybridized carbons (Fsp3) is 0.533. The number of carbonyl (C=O) groups excluding carboxylic acids is 1. The van der Waals surface area contributed by atoms with Crippen LogP contribution in [0, 0.1) is 17.8 Å². The molecule has 0 fully saturated rings. The molecule has 0 heterocycles. The van der Waals surface area contributed by atoms with Crippen LogP contribution in [0.1, 0.15) is 38.1 Å². The molecule has 0 saturated carbocycles. The minimum absolute atomic E-state index is 0.180. The molecule has 1 rings (SSSR count). The lowest BCUT2D eigenvalue weighted by Gasteiger charge is -2.25. The van der Waals surface area contributed by atoms with Gasteiger partial charge in [-0.05, 0) is 29.9 Å². The molecule has 1 aromatic rings. The standard InChI is InChI=1S/C15H22Cl2N2O/c1-8(2)11(9(3)4)7-19-15(20)10-5-12(16)14(18)13(17)6-10/h5-6,8-9,11H,7,18H2,1-4H3,(H,19,20). The highest BCUT2D eigenvalue weighted by atomic mass is 35.5. The van der Waals surface area contributed by atoms with Crippen LogP contribution in [-0.2, 0) is 0 Å². The van der Waals surface area contributed by atoms with Crippen LogP contribution in [0.5, 0.6) is 0 Å². The maximum absolute atomic E-state index is 12.1. The van der Waals surface area contributed by atoms with Gasteiger partial charge in [-0.15, -0.1) is 0 Å². The first-order valence-corrected chi connectivity index (χ1v) is 7.52. The summed E-state index contributed by atoms with van der Waals surface area (Å²) in [4.78, 5) is 12.1. The third kappa shape index (κ3) is 4.29. The van der Waals surface area contributed by atoms with Crippen molar-refractivity contribution in [3.8, 4) is 0 Å². The van der Waals surface area contributed by atoms with E-state index in [1.54, 1.807) is 0 Å². The largest absolute Gasteiger partial charge is 0.396 e. The lowest BCUT2D eigenvalue weighted by molar-refractivity contribution is 0.0937. The first-order valence-electron chi connectivity index (χ1n) is 6.76. The first-order chi connectivity index (χ1) is 9.23. The second-order valence-corrected chi connectivity index (χ2v) is 6.53. The van der Waals surface area contributed by atoms with E-state index in [0.29, 0.717) is 45.6 Å². The fourth-order valence-corrected chi connectivity index (χ4v) is 2.76.